The Labute approximate surface area is 125 Å². The summed E-state index contributed by atoms with van der Waals surface area (Å²) in [6, 6.07) is 8.92. The number of benzene rings is 1. The van der Waals surface area contributed by atoms with Gasteiger partial charge in [-0.15, -0.1) is 0 Å². The van der Waals surface area contributed by atoms with Crippen molar-refractivity contribution < 1.29 is 9.90 Å². The third kappa shape index (κ3) is 3.13. The van der Waals surface area contributed by atoms with Crippen LogP contribution in [0.25, 0.3) is 0 Å². The topological polar surface area (TPSA) is 50.2 Å². The van der Waals surface area contributed by atoms with E-state index >= 15 is 0 Å². The van der Waals surface area contributed by atoms with Crippen molar-refractivity contribution in [2.45, 2.75) is 9.92 Å². The van der Waals surface area contributed by atoms with Gasteiger partial charge in [0, 0.05) is 15.6 Å². The van der Waals surface area contributed by atoms with Crippen LogP contribution in [0.15, 0.2) is 55.4 Å². The number of aromatic carboxylic acids is 1. The molecule has 1 aromatic carbocycles. The summed E-state index contributed by atoms with van der Waals surface area (Å²) < 4.78 is 1.45. The molecule has 1 N–H and O–H groups in total. The summed E-state index contributed by atoms with van der Waals surface area (Å²) >= 11 is 8.04. The van der Waals surface area contributed by atoms with Gasteiger partial charge in [-0.3, -0.25) is 0 Å². The Kier molecular flexibility index (Phi) is 4.42. The molecular formula is C12H7Br2NO2S. The maximum absolute atomic E-state index is 11.0. The Hall–Kier alpha value is -0.850. The minimum absolute atomic E-state index is 0.243. The molecule has 0 aliphatic carbocycles. The number of pyridine rings is 1. The first-order valence-electron chi connectivity index (χ1n) is 4.89. The van der Waals surface area contributed by atoms with Gasteiger partial charge in [0.15, 0.2) is 0 Å². The molecule has 92 valence electrons. The predicted octanol–water partition coefficient (Wildman–Crippen LogP) is 4.46. The Morgan fingerprint density at radius 1 is 1.22 bits per heavy atom. The van der Waals surface area contributed by atoms with E-state index in [1.807, 2.05) is 18.2 Å². The van der Waals surface area contributed by atoms with Crippen molar-refractivity contribution in [1.82, 2.24) is 4.98 Å². The average Bonchev–Trinajstić information content (AvgIpc) is 2.34. The van der Waals surface area contributed by atoms with E-state index in [2.05, 4.69) is 36.8 Å². The second kappa shape index (κ2) is 5.86. The SMILES string of the molecule is O=C(O)c1cc(Sc2ncccc2Br)ccc1Br. The number of carboxylic acids is 1. The number of carbonyl (C=O) groups is 1. The van der Waals surface area contributed by atoms with Crippen molar-refractivity contribution in [3.8, 4) is 0 Å². The fourth-order valence-electron chi connectivity index (χ4n) is 1.29. The molecule has 18 heavy (non-hydrogen) atoms. The van der Waals surface area contributed by atoms with Crippen LogP contribution in [0.1, 0.15) is 10.4 Å². The van der Waals surface area contributed by atoms with Crippen molar-refractivity contribution in [2.24, 2.45) is 0 Å². The van der Waals surface area contributed by atoms with Crippen molar-refractivity contribution in [1.29, 1.82) is 0 Å². The minimum atomic E-state index is -0.954. The molecule has 0 unspecified atom stereocenters. The second-order valence-corrected chi connectivity index (χ2v) is 6.11. The molecule has 2 aromatic rings. The highest BCUT2D eigenvalue weighted by Gasteiger charge is 2.10. The second-order valence-electron chi connectivity index (χ2n) is 3.34. The molecule has 2 rings (SSSR count). The van der Waals surface area contributed by atoms with Crippen LogP contribution >= 0.6 is 43.6 Å². The van der Waals surface area contributed by atoms with Gasteiger partial charge in [0.2, 0.25) is 0 Å². The van der Waals surface area contributed by atoms with Crippen molar-refractivity contribution in [3.05, 3.63) is 51.0 Å². The van der Waals surface area contributed by atoms with Crippen molar-refractivity contribution in [2.75, 3.05) is 0 Å². The Balaban J connectivity index is 2.33. The molecule has 3 nitrogen and oxygen atoms in total. The van der Waals surface area contributed by atoms with E-state index < -0.39 is 5.97 Å². The standard InChI is InChI=1S/C12H7Br2NO2S/c13-9-4-3-7(6-8(9)12(16)17)18-11-10(14)2-1-5-15-11/h1-6H,(H,16,17). The van der Waals surface area contributed by atoms with Crippen molar-refractivity contribution in [3.63, 3.8) is 0 Å². The lowest BCUT2D eigenvalue weighted by atomic mass is 10.2. The van der Waals surface area contributed by atoms with E-state index in [0.717, 1.165) is 14.4 Å². The van der Waals surface area contributed by atoms with Gasteiger partial charge < -0.3 is 5.11 Å². The third-order valence-corrected chi connectivity index (χ3v) is 4.71. The van der Waals surface area contributed by atoms with E-state index in [0.29, 0.717) is 4.47 Å². The van der Waals surface area contributed by atoms with Crippen molar-refractivity contribution >= 4 is 49.6 Å². The summed E-state index contributed by atoms with van der Waals surface area (Å²) in [5.74, 6) is -0.954. The largest absolute Gasteiger partial charge is 0.478 e. The highest BCUT2D eigenvalue weighted by molar-refractivity contribution is 9.10. The van der Waals surface area contributed by atoms with E-state index in [1.54, 1.807) is 18.3 Å². The lowest BCUT2D eigenvalue weighted by Gasteiger charge is -2.05. The van der Waals surface area contributed by atoms with Crippen LogP contribution in [0.4, 0.5) is 0 Å². The lowest BCUT2D eigenvalue weighted by molar-refractivity contribution is 0.0695. The van der Waals surface area contributed by atoms with Crippen LogP contribution in [0, 0.1) is 0 Å². The number of rotatable bonds is 3. The zero-order valence-electron chi connectivity index (χ0n) is 8.93. The summed E-state index contributed by atoms with van der Waals surface area (Å²) in [4.78, 5) is 16.1. The predicted molar refractivity (Wildman–Crippen MR) is 77.2 cm³/mol. The first kappa shape index (κ1) is 13.6. The molecule has 0 amide bonds. The summed E-state index contributed by atoms with van der Waals surface area (Å²) in [5.41, 5.74) is 0.243. The van der Waals surface area contributed by atoms with E-state index in [9.17, 15) is 4.79 Å². The monoisotopic (exact) mass is 387 g/mol. The molecule has 0 aliphatic heterocycles. The molecule has 1 heterocycles. The minimum Gasteiger partial charge on any atom is -0.478 e. The van der Waals surface area contributed by atoms with Crippen LogP contribution in [0.3, 0.4) is 0 Å². The van der Waals surface area contributed by atoms with Crippen LogP contribution in [0.5, 0.6) is 0 Å². The van der Waals surface area contributed by atoms with Gasteiger partial charge in [-0.05, 0) is 62.2 Å². The fourth-order valence-corrected chi connectivity index (χ4v) is 3.02. The van der Waals surface area contributed by atoms with Crippen LogP contribution < -0.4 is 0 Å². The summed E-state index contributed by atoms with van der Waals surface area (Å²) in [5, 5.41) is 9.85. The van der Waals surface area contributed by atoms with Gasteiger partial charge in [-0.1, -0.05) is 11.8 Å². The van der Waals surface area contributed by atoms with Gasteiger partial charge >= 0.3 is 5.97 Å². The highest BCUT2D eigenvalue weighted by Crippen LogP contribution is 2.33. The number of hydrogen-bond acceptors (Lipinski definition) is 3. The molecule has 0 saturated carbocycles. The molecule has 0 saturated heterocycles. The Morgan fingerprint density at radius 2 is 2.00 bits per heavy atom. The zero-order valence-corrected chi connectivity index (χ0v) is 12.9. The lowest BCUT2D eigenvalue weighted by Crippen LogP contribution is -1.97. The maximum atomic E-state index is 11.0. The number of hydrogen-bond donors (Lipinski definition) is 1. The van der Waals surface area contributed by atoms with Gasteiger partial charge in [0.25, 0.3) is 0 Å². The van der Waals surface area contributed by atoms with Gasteiger partial charge in [-0.2, -0.15) is 0 Å². The van der Waals surface area contributed by atoms with Crippen LogP contribution in [-0.4, -0.2) is 16.1 Å². The molecule has 0 bridgehead atoms. The van der Waals surface area contributed by atoms with Crippen LogP contribution in [0.2, 0.25) is 0 Å². The van der Waals surface area contributed by atoms with Gasteiger partial charge in [0.05, 0.1) is 10.0 Å². The zero-order chi connectivity index (χ0) is 13.1. The van der Waals surface area contributed by atoms with Crippen LogP contribution in [-0.2, 0) is 0 Å². The molecule has 0 radical (unpaired) electrons. The van der Waals surface area contributed by atoms with Gasteiger partial charge in [0.1, 0.15) is 5.03 Å². The molecular weight excluding hydrogens is 382 g/mol. The summed E-state index contributed by atoms with van der Waals surface area (Å²) in [6.45, 7) is 0. The summed E-state index contributed by atoms with van der Waals surface area (Å²) in [6.07, 6.45) is 1.70. The quantitative estimate of drug-likeness (QED) is 0.843. The first-order valence-corrected chi connectivity index (χ1v) is 7.29. The van der Waals surface area contributed by atoms with E-state index in [4.69, 9.17) is 5.11 Å². The molecule has 0 fully saturated rings. The molecule has 0 aliphatic rings. The fraction of sp³-hybridized carbons (Fsp3) is 0. The first-order chi connectivity index (χ1) is 8.58. The molecule has 6 heteroatoms. The normalized spacial score (nSPS) is 10.3. The number of nitrogens with zero attached hydrogens (tertiary/aromatic N) is 1. The van der Waals surface area contributed by atoms with E-state index in [1.165, 1.54) is 11.8 Å². The number of halogens is 2. The Bertz CT molecular complexity index is 604. The van der Waals surface area contributed by atoms with E-state index in [-0.39, 0.29) is 5.56 Å². The third-order valence-electron chi connectivity index (χ3n) is 2.11. The average molecular weight is 389 g/mol. The molecule has 0 spiro atoms. The molecule has 0 atom stereocenters. The maximum Gasteiger partial charge on any atom is 0.336 e. The Morgan fingerprint density at radius 3 is 2.67 bits per heavy atom. The van der Waals surface area contributed by atoms with Gasteiger partial charge in [-0.25, -0.2) is 9.78 Å². The highest BCUT2D eigenvalue weighted by atomic mass is 79.9. The smallest absolute Gasteiger partial charge is 0.336 e. The number of carboxylic acid groups (broad SMARTS) is 1. The summed E-state index contributed by atoms with van der Waals surface area (Å²) in [7, 11) is 0. The molecule has 1 aromatic heterocycles. The number of aromatic nitrogens is 1.